The molecule has 0 aliphatic carbocycles. The first-order valence-corrected chi connectivity index (χ1v) is 6.07. The molecular weight excluding hydrogens is 180 g/mol. The molecule has 0 atom stereocenters. The highest BCUT2D eigenvalue weighted by Gasteiger charge is 2.22. The molecule has 1 aliphatic heterocycles. The van der Waals surface area contributed by atoms with Crippen LogP contribution in [0.4, 0.5) is 0 Å². The largest absolute Gasteiger partial charge is 0.616 e. The van der Waals surface area contributed by atoms with Crippen molar-refractivity contribution in [2.24, 2.45) is 0 Å². The van der Waals surface area contributed by atoms with Crippen LogP contribution in [-0.2, 0) is 16.0 Å². The third kappa shape index (κ3) is 3.49. The highest BCUT2D eigenvalue weighted by atomic mass is 32.2. The molecule has 1 saturated heterocycles. The first-order valence-electron chi connectivity index (χ1n) is 3.70. The highest BCUT2D eigenvalue weighted by Crippen LogP contribution is 2.24. The van der Waals surface area contributed by atoms with E-state index < -0.39 is 11.2 Å². The molecule has 0 spiro atoms. The molecule has 0 N–H and O–H groups in total. The van der Waals surface area contributed by atoms with Crippen molar-refractivity contribution in [1.29, 1.82) is 0 Å². The first-order chi connectivity index (χ1) is 5.18. The zero-order valence-electron chi connectivity index (χ0n) is 6.54. The van der Waals surface area contributed by atoms with Crippen molar-refractivity contribution in [3.05, 3.63) is 0 Å². The lowest BCUT2D eigenvalue weighted by Crippen LogP contribution is -2.25. The molecule has 1 rings (SSSR count). The minimum Gasteiger partial charge on any atom is -0.616 e. The Balaban J connectivity index is 2.22. The van der Waals surface area contributed by atoms with E-state index in [1.807, 2.05) is 0 Å². The molecule has 0 radical (unpaired) electrons. The SMILES string of the molecule is CC(=O)S[C@H]1CC[S@+]([O-])CC1. The fraction of sp³-hybridized carbons (Fsp3) is 0.857. The number of hydrogen-bond acceptors (Lipinski definition) is 3. The van der Waals surface area contributed by atoms with Crippen LogP contribution in [0.1, 0.15) is 19.8 Å². The van der Waals surface area contributed by atoms with Crippen molar-refractivity contribution < 1.29 is 9.35 Å². The smallest absolute Gasteiger partial charge is 0.186 e. The topological polar surface area (TPSA) is 40.1 Å². The fourth-order valence-electron chi connectivity index (χ4n) is 1.12. The molecule has 0 aromatic rings. The highest BCUT2D eigenvalue weighted by molar-refractivity contribution is 8.14. The van der Waals surface area contributed by atoms with E-state index >= 15 is 0 Å². The average Bonchev–Trinajstić information content (AvgIpc) is 1.93. The number of hydrogen-bond donors (Lipinski definition) is 0. The van der Waals surface area contributed by atoms with Gasteiger partial charge in [0.05, 0.1) is 0 Å². The molecule has 0 aromatic carbocycles. The van der Waals surface area contributed by atoms with Crippen LogP contribution in [0.2, 0.25) is 0 Å². The zero-order chi connectivity index (χ0) is 8.27. The predicted molar refractivity (Wildman–Crippen MR) is 49.2 cm³/mol. The van der Waals surface area contributed by atoms with Gasteiger partial charge >= 0.3 is 0 Å². The first kappa shape index (κ1) is 9.42. The van der Waals surface area contributed by atoms with Gasteiger partial charge in [0.1, 0.15) is 11.5 Å². The average molecular weight is 192 g/mol. The van der Waals surface area contributed by atoms with E-state index in [1.54, 1.807) is 6.92 Å². The second-order valence-corrected chi connectivity index (χ2v) is 5.83. The molecule has 0 aromatic heterocycles. The van der Waals surface area contributed by atoms with Crippen LogP contribution in [0, 0.1) is 0 Å². The summed E-state index contributed by atoms with van der Waals surface area (Å²) in [6.07, 6.45) is 1.88. The third-order valence-corrected chi connectivity index (χ3v) is 4.19. The van der Waals surface area contributed by atoms with E-state index in [4.69, 9.17) is 0 Å². The van der Waals surface area contributed by atoms with Gasteiger partial charge in [0.25, 0.3) is 0 Å². The van der Waals surface area contributed by atoms with E-state index in [1.165, 1.54) is 11.8 Å². The van der Waals surface area contributed by atoms with Gasteiger partial charge in [-0.05, 0) is 0 Å². The maximum absolute atomic E-state index is 10.9. The number of carbonyl (C=O) groups excluding carboxylic acids is 1. The van der Waals surface area contributed by atoms with Crippen LogP contribution in [0.3, 0.4) is 0 Å². The Labute approximate surface area is 74.3 Å². The Morgan fingerprint density at radius 1 is 1.55 bits per heavy atom. The summed E-state index contributed by atoms with van der Waals surface area (Å²) in [7, 11) is 0. The second kappa shape index (κ2) is 4.38. The summed E-state index contributed by atoms with van der Waals surface area (Å²) in [6.45, 7) is 1.59. The van der Waals surface area contributed by atoms with Crippen molar-refractivity contribution in [2.75, 3.05) is 11.5 Å². The van der Waals surface area contributed by atoms with Crippen LogP contribution in [-0.4, -0.2) is 26.4 Å². The predicted octanol–water partition coefficient (Wildman–Crippen LogP) is 1.18. The summed E-state index contributed by atoms with van der Waals surface area (Å²) in [5, 5.41) is 0.618. The molecule has 64 valence electrons. The van der Waals surface area contributed by atoms with Gasteiger partial charge in [0.2, 0.25) is 0 Å². The Morgan fingerprint density at radius 2 is 2.09 bits per heavy atom. The van der Waals surface area contributed by atoms with E-state index in [9.17, 15) is 9.35 Å². The zero-order valence-corrected chi connectivity index (χ0v) is 8.17. The van der Waals surface area contributed by atoms with Crippen molar-refractivity contribution in [2.45, 2.75) is 25.0 Å². The summed E-state index contributed by atoms with van der Waals surface area (Å²) in [5.41, 5.74) is 0. The summed E-state index contributed by atoms with van der Waals surface area (Å²) >= 11 is 0.804. The summed E-state index contributed by atoms with van der Waals surface area (Å²) in [5.74, 6) is 1.57. The quantitative estimate of drug-likeness (QED) is 0.586. The van der Waals surface area contributed by atoms with E-state index in [2.05, 4.69) is 0 Å². The van der Waals surface area contributed by atoms with Crippen molar-refractivity contribution in [1.82, 2.24) is 0 Å². The summed E-state index contributed by atoms with van der Waals surface area (Å²) in [4.78, 5) is 10.7. The maximum atomic E-state index is 10.9. The molecule has 0 amide bonds. The number of carbonyl (C=O) groups is 1. The molecule has 1 aliphatic rings. The Kier molecular flexibility index (Phi) is 3.75. The van der Waals surface area contributed by atoms with Crippen molar-refractivity contribution >= 4 is 28.1 Å². The molecule has 1 heterocycles. The number of thioether (sulfide) groups is 1. The van der Waals surface area contributed by atoms with Crippen LogP contribution in [0.25, 0.3) is 0 Å². The second-order valence-electron chi connectivity index (χ2n) is 2.66. The molecular formula is C7H12O2S2. The third-order valence-electron chi connectivity index (χ3n) is 1.67. The van der Waals surface area contributed by atoms with Gasteiger partial charge in [0.15, 0.2) is 5.12 Å². The Morgan fingerprint density at radius 3 is 2.55 bits per heavy atom. The monoisotopic (exact) mass is 192 g/mol. The lowest BCUT2D eigenvalue weighted by Gasteiger charge is -2.22. The minimum atomic E-state index is -0.600. The molecule has 11 heavy (non-hydrogen) atoms. The molecule has 0 unspecified atom stereocenters. The molecule has 2 nitrogen and oxygen atoms in total. The summed E-state index contributed by atoms with van der Waals surface area (Å²) < 4.78 is 10.9. The van der Waals surface area contributed by atoms with E-state index in [-0.39, 0.29) is 5.12 Å². The Hall–Kier alpha value is 0.330. The standard InChI is InChI=1S/C7H12O2S2/c1-6(8)10-7-2-4-11(9)5-3-7/h7H,2-5H2,1H3/t7-,11-. The summed E-state index contributed by atoms with van der Waals surface area (Å²) in [6, 6.07) is 0. The normalized spacial score (nSPS) is 31.8. The van der Waals surface area contributed by atoms with Crippen molar-refractivity contribution in [3.63, 3.8) is 0 Å². The molecule has 0 bridgehead atoms. The number of rotatable bonds is 1. The minimum absolute atomic E-state index is 0.183. The molecule has 4 heteroatoms. The molecule has 1 fully saturated rings. The lowest BCUT2D eigenvalue weighted by molar-refractivity contribution is -0.109. The van der Waals surface area contributed by atoms with Crippen LogP contribution in [0.15, 0.2) is 0 Å². The van der Waals surface area contributed by atoms with Gasteiger partial charge in [-0.15, -0.1) is 0 Å². The fourth-order valence-corrected chi connectivity index (χ4v) is 3.66. The van der Waals surface area contributed by atoms with Gasteiger partial charge in [-0.1, -0.05) is 22.9 Å². The van der Waals surface area contributed by atoms with Gasteiger partial charge < -0.3 is 4.55 Å². The Bertz CT molecular complexity index is 141. The van der Waals surface area contributed by atoms with E-state index in [0.717, 1.165) is 24.3 Å². The maximum Gasteiger partial charge on any atom is 0.186 e. The van der Waals surface area contributed by atoms with Crippen LogP contribution in [0.5, 0.6) is 0 Å². The van der Waals surface area contributed by atoms with Crippen molar-refractivity contribution in [3.8, 4) is 0 Å². The van der Waals surface area contributed by atoms with Gasteiger partial charge in [0, 0.05) is 25.0 Å². The lowest BCUT2D eigenvalue weighted by atomic mass is 10.2. The van der Waals surface area contributed by atoms with Crippen LogP contribution < -0.4 is 0 Å². The van der Waals surface area contributed by atoms with Crippen LogP contribution >= 0.6 is 11.8 Å². The van der Waals surface area contributed by atoms with E-state index in [0.29, 0.717) is 5.25 Å². The van der Waals surface area contributed by atoms with Gasteiger partial charge in [-0.3, -0.25) is 4.79 Å². The van der Waals surface area contributed by atoms with Gasteiger partial charge in [-0.2, -0.15) is 0 Å². The van der Waals surface area contributed by atoms with Gasteiger partial charge in [-0.25, -0.2) is 0 Å². The molecule has 0 saturated carbocycles.